The van der Waals surface area contributed by atoms with Crippen LogP contribution in [0, 0.1) is 5.92 Å². The molecule has 1 aliphatic carbocycles. The summed E-state index contributed by atoms with van der Waals surface area (Å²) in [6, 6.07) is 9.15. The van der Waals surface area contributed by atoms with Crippen LogP contribution in [-0.4, -0.2) is 37.2 Å². The summed E-state index contributed by atoms with van der Waals surface area (Å²) >= 11 is 1.43. The number of pyridine rings is 1. The SMILES string of the molecule is CC(=O)Nc1nnc(C2CC(Cc3ccc(NC(=O)Cc4ccccn4)nn3)C2)s1. The highest BCUT2D eigenvalue weighted by Crippen LogP contribution is 2.44. The number of amides is 2. The van der Waals surface area contributed by atoms with E-state index in [1.165, 1.54) is 18.3 Å². The van der Waals surface area contributed by atoms with Crippen LogP contribution in [0.15, 0.2) is 36.5 Å². The van der Waals surface area contributed by atoms with E-state index in [4.69, 9.17) is 0 Å². The van der Waals surface area contributed by atoms with Crippen molar-refractivity contribution in [3.8, 4) is 0 Å². The zero-order chi connectivity index (χ0) is 20.9. The summed E-state index contributed by atoms with van der Waals surface area (Å²) in [5.74, 6) is 1.02. The molecular weight excluding hydrogens is 402 g/mol. The molecule has 10 heteroatoms. The fourth-order valence-corrected chi connectivity index (χ4v) is 4.31. The lowest BCUT2D eigenvalue weighted by molar-refractivity contribution is -0.116. The minimum absolute atomic E-state index is 0.140. The van der Waals surface area contributed by atoms with E-state index in [-0.39, 0.29) is 18.2 Å². The number of anilines is 2. The normalized spacial score (nSPS) is 17.8. The van der Waals surface area contributed by atoms with Gasteiger partial charge in [0.15, 0.2) is 5.82 Å². The lowest BCUT2D eigenvalue weighted by Gasteiger charge is -2.33. The maximum atomic E-state index is 12.1. The molecule has 154 valence electrons. The van der Waals surface area contributed by atoms with Crippen LogP contribution in [0.2, 0.25) is 0 Å². The van der Waals surface area contributed by atoms with Crippen molar-refractivity contribution in [1.29, 1.82) is 0 Å². The van der Waals surface area contributed by atoms with Crippen molar-refractivity contribution in [3.63, 3.8) is 0 Å². The van der Waals surface area contributed by atoms with E-state index in [0.717, 1.165) is 30.0 Å². The topological polar surface area (TPSA) is 123 Å². The van der Waals surface area contributed by atoms with Crippen LogP contribution >= 0.6 is 11.3 Å². The summed E-state index contributed by atoms with van der Waals surface area (Å²) in [7, 11) is 0. The van der Waals surface area contributed by atoms with Crippen LogP contribution in [-0.2, 0) is 22.4 Å². The minimum atomic E-state index is -0.173. The number of hydrogen-bond acceptors (Lipinski definition) is 8. The Morgan fingerprint density at radius 2 is 1.90 bits per heavy atom. The number of hydrogen-bond donors (Lipinski definition) is 2. The molecule has 3 aromatic rings. The zero-order valence-corrected chi connectivity index (χ0v) is 17.2. The van der Waals surface area contributed by atoms with Gasteiger partial charge in [0.25, 0.3) is 0 Å². The van der Waals surface area contributed by atoms with E-state index < -0.39 is 0 Å². The summed E-state index contributed by atoms with van der Waals surface area (Å²) < 4.78 is 0. The van der Waals surface area contributed by atoms with Crippen molar-refractivity contribution in [2.45, 2.75) is 38.5 Å². The Morgan fingerprint density at radius 3 is 2.60 bits per heavy atom. The molecule has 30 heavy (non-hydrogen) atoms. The van der Waals surface area contributed by atoms with E-state index in [1.807, 2.05) is 24.3 Å². The largest absolute Gasteiger partial charge is 0.309 e. The molecule has 0 spiro atoms. The van der Waals surface area contributed by atoms with Gasteiger partial charge in [-0.2, -0.15) is 5.10 Å². The van der Waals surface area contributed by atoms with Crippen LogP contribution in [0.25, 0.3) is 0 Å². The van der Waals surface area contributed by atoms with Crippen molar-refractivity contribution in [1.82, 2.24) is 25.4 Å². The molecule has 1 fully saturated rings. The average Bonchev–Trinajstić information content (AvgIpc) is 3.13. The molecule has 1 saturated carbocycles. The van der Waals surface area contributed by atoms with E-state index in [0.29, 0.717) is 28.5 Å². The van der Waals surface area contributed by atoms with Crippen molar-refractivity contribution in [3.05, 3.63) is 52.9 Å². The lowest BCUT2D eigenvalue weighted by atomic mass is 9.73. The molecule has 0 saturated heterocycles. The van der Waals surface area contributed by atoms with Gasteiger partial charge in [-0.3, -0.25) is 14.6 Å². The minimum Gasteiger partial charge on any atom is -0.309 e. The second-order valence-electron chi connectivity index (χ2n) is 7.32. The average molecular weight is 424 g/mol. The number of carbonyl (C=O) groups is 2. The maximum Gasteiger partial charge on any atom is 0.231 e. The summed E-state index contributed by atoms with van der Waals surface area (Å²) in [6.07, 6.45) is 4.72. The molecule has 2 N–H and O–H groups in total. The molecule has 3 heterocycles. The Labute approximate surface area is 177 Å². The summed E-state index contributed by atoms with van der Waals surface area (Å²) in [5.41, 5.74) is 1.61. The van der Waals surface area contributed by atoms with E-state index in [1.54, 1.807) is 12.3 Å². The maximum absolute atomic E-state index is 12.1. The van der Waals surface area contributed by atoms with E-state index in [2.05, 4.69) is 36.0 Å². The second kappa shape index (κ2) is 9.04. The Hall–Kier alpha value is -3.27. The highest BCUT2D eigenvalue weighted by molar-refractivity contribution is 7.15. The lowest BCUT2D eigenvalue weighted by Crippen LogP contribution is -2.24. The molecular formula is C20H21N7O2S. The highest BCUT2D eigenvalue weighted by Gasteiger charge is 2.33. The van der Waals surface area contributed by atoms with Crippen LogP contribution in [0.3, 0.4) is 0 Å². The molecule has 9 nitrogen and oxygen atoms in total. The number of aromatic nitrogens is 5. The van der Waals surface area contributed by atoms with Crippen molar-refractivity contribution in [2.24, 2.45) is 5.92 Å². The molecule has 4 rings (SSSR count). The first-order valence-corrected chi connectivity index (χ1v) is 10.5. The molecule has 3 aromatic heterocycles. The van der Waals surface area contributed by atoms with Gasteiger partial charge in [0.1, 0.15) is 5.01 Å². The fraction of sp³-hybridized carbons (Fsp3) is 0.350. The summed E-state index contributed by atoms with van der Waals surface area (Å²) in [5, 5.41) is 23.5. The molecule has 0 unspecified atom stereocenters. The van der Waals surface area contributed by atoms with Crippen LogP contribution < -0.4 is 10.6 Å². The van der Waals surface area contributed by atoms with Gasteiger partial charge in [-0.15, -0.1) is 15.3 Å². The van der Waals surface area contributed by atoms with Crippen molar-refractivity contribution >= 4 is 34.1 Å². The Balaban J connectivity index is 1.23. The van der Waals surface area contributed by atoms with Gasteiger partial charge in [0.05, 0.1) is 12.1 Å². The first-order chi connectivity index (χ1) is 14.5. The van der Waals surface area contributed by atoms with Gasteiger partial charge in [-0.1, -0.05) is 17.4 Å². The molecule has 0 radical (unpaired) electrons. The summed E-state index contributed by atoms with van der Waals surface area (Å²) in [4.78, 5) is 27.3. The fourth-order valence-electron chi connectivity index (χ4n) is 3.39. The van der Waals surface area contributed by atoms with Gasteiger partial charge in [-0.25, -0.2) is 0 Å². The van der Waals surface area contributed by atoms with Gasteiger partial charge < -0.3 is 10.6 Å². The second-order valence-corrected chi connectivity index (χ2v) is 8.33. The van der Waals surface area contributed by atoms with Crippen LogP contribution in [0.1, 0.15) is 42.1 Å². The Bertz CT molecular complexity index is 1020. The first-order valence-electron chi connectivity index (χ1n) is 9.68. The monoisotopic (exact) mass is 423 g/mol. The number of nitrogens with one attached hydrogen (secondary N) is 2. The molecule has 1 aliphatic rings. The first kappa shape index (κ1) is 20.0. The third kappa shape index (κ3) is 5.20. The smallest absolute Gasteiger partial charge is 0.231 e. The van der Waals surface area contributed by atoms with E-state index >= 15 is 0 Å². The van der Waals surface area contributed by atoms with E-state index in [9.17, 15) is 9.59 Å². The van der Waals surface area contributed by atoms with Gasteiger partial charge in [-0.05, 0) is 49.4 Å². The quantitative estimate of drug-likeness (QED) is 0.599. The van der Waals surface area contributed by atoms with Crippen LogP contribution in [0.5, 0.6) is 0 Å². The van der Waals surface area contributed by atoms with Gasteiger partial charge in [0.2, 0.25) is 16.9 Å². The molecule has 0 aromatic carbocycles. The molecule has 0 atom stereocenters. The standard InChI is InChI=1S/C20H21N7O2S/c1-12(28)22-20-27-26-19(30-20)14-8-13(9-14)10-16-5-6-17(25-24-16)23-18(29)11-15-4-2-3-7-21-15/h2-7,13-14H,8-11H2,1H3,(H,22,27,28)(H,23,25,29). The van der Waals surface area contributed by atoms with Crippen molar-refractivity contribution < 1.29 is 9.59 Å². The van der Waals surface area contributed by atoms with Gasteiger partial charge in [0, 0.05) is 24.7 Å². The Kier molecular flexibility index (Phi) is 6.03. The number of nitrogens with zero attached hydrogens (tertiary/aromatic N) is 5. The predicted molar refractivity (Wildman–Crippen MR) is 112 cm³/mol. The predicted octanol–water partition coefficient (Wildman–Crippen LogP) is 2.60. The number of rotatable bonds is 7. The number of carbonyl (C=O) groups excluding carboxylic acids is 2. The Morgan fingerprint density at radius 1 is 1.03 bits per heavy atom. The third-order valence-electron chi connectivity index (χ3n) is 4.86. The van der Waals surface area contributed by atoms with Crippen LogP contribution in [0.4, 0.5) is 10.9 Å². The van der Waals surface area contributed by atoms with Gasteiger partial charge >= 0.3 is 0 Å². The zero-order valence-electron chi connectivity index (χ0n) is 16.4. The highest BCUT2D eigenvalue weighted by atomic mass is 32.1. The third-order valence-corrected chi connectivity index (χ3v) is 5.86. The molecule has 2 amide bonds. The molecule has 0 bridgehead atoms. The summed E-state index contributed by atoms with van der Waals surface area (Å²) in [6.45, 7) is 1.46. The molecule has 0 aliphatic heterocycles. The van der Waals surface area contributed by atoms with Crippen molar-refractivity contribution in [2.75, 3.05) is 10.6 Å².